The van der Waals surface area contributed by atoms with Gasteiger partial charge in [0.25, 0.3) is 0 Å². The number of benzene rings is 1. The average Bonchev–Trinajstić information content (AvgIpc) is 2.60. The first-order valence-electron chi connectivity index (χ1n) is 8.44. The lowest BCUT2D eigenvalue weighted by Crippen LogP contribution is -2.35. The van der Waals surface area contributed by atoms with E-state index in [0.717, 1.165) is 42.2 Å². The van der Waals surface area contributed by atoms with E-state index in [1.54, 1.807) is 14.2 Å². The van der Waals surface area contributed by atoms with Crippen molar-refractivity contribution in [1.29, 1.82) is 0 Å². The van der Waals surface area contributed by atoms with Gasteiger partial charge in [-0.3, -0.25) is 5.43 Å². The second kappa shape index (κ2) is 9.18. The summed E-state index contributed by atoms with van der Waals surface area (Å²) in [5.74, 6) is 1.48. The molecule has 1 aliphatic heterocycles. The summed E-state index contributed by atoms with van der Waals surface area (Å²) in [5, 5.41) is 5.48. The topological polar surface area (TPSA) is 46.1 Å². The lowest BCUT2D eigenvalue weighted by atomic mass is 10.0. The number of nitrogens with zero attached hydrogens (tertiary/aromatic N) is 2. The minimum atomic E-state index is 0.388. The van der Waals surface area contributed by atoms with Crippen LogP contribution in [0.2, 0.25) is 0 Å². The predicted molar refractivity (Wildman–Crippen MR) is 102 cm³/mol. The van der Waals surface area contributed by atoms with E-state index >= 15 is 0 Å². The Morgan fingerprint density at radius 3 is 2.58 bits per heavy atom. The Balaban J connectivity index is 2.10. The summed E-state index contributed by atoms with van der Waals surface area (Å²) >= 11 is 1.98. The van der Waals surface area contributed by atoms with Gasteiger partial charge in [-0.1, -0.05) is 6.92 Å². The fraction of sp³-hybridized carbons (Fsp3) is 0.611. The van der Waals surface area contributed by atoms with Crippen LogP contribution in [0.1, 0.15) is 31.7 Å². The van der Waals surface area contributed by atoms with Crippen LogP contribution in [0.15, 0.2) is 23.3 Å². The van der Waals surface area contributed by atoms with Crippen LogP contribution in [0.3, 0.4) is 0 Å². The van der Waals surface area contributed by atoms with Crippen LogP contribution >= 0.6 is 11.8 Å². The lowest BCUT2D eigenvalue weighted by molar-refractivity contribution is 0.355. The first-order valence-corrected chi connectivity index (χ1v) is 9.39. The molecule has 0 amide bonds. The molecule has 1 heterocycles. The molecule has 1 aromatic rings. The quantitative estimate of drug-likeness (QED) is 0.779. The van der Waals surface area contributed by atoms with Gasteiger partial charge in [-0.25, -0.2) is 0 Å². The molecule has 0 aliphatic carbocycles. The molecule has 2 unspecified atom stereocenters. The van der Waals surface area contributed by atoms with E-state index in [9.17, 15) is 0 Å². The summed E-state index contributed by atoms with van der Waals surface area (Å²) in [6, 6.07) is 6.00. The second-order valence-corrected chi connectivity index (χ2v) is 7.57. The summed E-state index contributed by atoms with van der Waals surface area (Å²) in [5.41, 5.74) is 5.51. The average molecular weight is 352 g/mol. The van der Waals surface area contributed by atoms with Crippen molar-refractivity contribution < 1.29 is 9.47 Å². The van der Waals surface area contributed by atoms with E-state index in [1.807, 2.05) is 23.9 Å². The van der Waals surface area contributed by atoms with Crippen molar-refractivity contribution in [3.8, 4) is 11.5 Å². The molecule has 0 saturated carbocycles. The largest absolute Gasteiger partial charge is 0.493 e. The minimum Gasteiger partial charge on any atom is -0.493 e. The normalized spacial score (nSPS) is 20.5. The van der Waals surface area contributed by atoms with Crippen molar-refractivity contribution in [3.63, 3.8) is 0 Å². The highest BCUT2D eigenvalue weighted by molar-refractivity contribution is 8.01. The molecule has 24 heavy (non-hydrogen) atoms. The zero-order valence-electron chi connectivity index (χ0n) is 15.3. The Labute approximate surface area is 149 Å². The standard InChI is InChI=1S/C18H29N3O2S/c1-6-16-18(13-9-10-14(22-4)15(12-13)23-5)20-19-17(24-16)8-7-11-21(2)3/h9-10,12,16-17,19H,6-8,11H2,1-5H3. The minimum absolute atomic E-state index is 0.388. The highest BCUT2D eigenvalue weighted by atomic mass is 32.2. The number of thioether (sulfide) groups is 1. The SMILES string of the molecule is CCC1SC(CCCN(C)C)NN=C1c1ccc(OC)c(OC)c1. The maximum atomic E-state index is 5.42. The fourth-order valence-electron chi connectivity index (χ4n) is 2.77. The Hall–Kier alpha value is -1.40. The van der Waals surface area contributed by atoms with E-state index in [0.29, 0.717) is 10.6 Å². The Kier molecular flexibility index (Phi) is 7.24. The maximum Gasteiger partial charge on any atom is 0.161 e. The number of methoxy groups -OCH3 is 2. The van der Waals surface area contributed by atoms with Crippen molar-refractivity contribution in [2.45, 2.75) is 36.8 Å². The van der Waals surface area contributed by atoms with Crippen LogP contribution in [0.5, 0.6) is 11.5 Å². The molecule has 0 aromatic heterocycles. The summed E-state index contributed by atoms with van der Waals surface area (Å²) < 4.78 is 10.7. The molecule has 1 aromatic carbocycles. The molecule has 0 fully saturated rings. The smallest absolute Gasteiger partial charge is 0.161 e. The zero-order valence-corrected chi connectivity index (χ0v) is 16.2. The van der Waals surface area contributed by atoms with Crippen LogP contribution in [0.25, 0.3) is 0 Å². The Morgan fingerprint density at radius 1 is 1.21 bits per heavy atom. The van der Waals surface area contributed by atoms with Crippen molar-refractivity contribution in [1.82, 2.24) is 10.3 Å². The summed E-state index contributed by atoms with van der Waals surface area (Å²) in [6.07, 6.45) is 3.36. The number of hydrazone groups is 1. The van der Waals surface area contributed by atoms with Crippen molar-refractivity contribution in [2.24, 2.45) is 5.10 Å². The molecule has 6 heteroatoms. The number of rotatable bonds is 8. The van der Waals surface area contributed by atoms with Crippen molar-refractivity contribution in [3.05, 3.63) is 23.8 Å². The summed E-state index contributed by atoms with van der Waals surface area (Å²) in [4.78, 5) is 2.23. The molecule has 134 valence electrons. The molecule has 1 aliphatic rings. The highest BCUT2D eigenvalue weighted by Crippen LogP contribution is 2.33. The van der Waals surface area contributed by atoms with Gasteiger partial charge in [-0.05, 0) is 58.1 Å². The van der Waals surface area contributed by atoms with Gasteiger partial charge in [0.15, 0.2) is 11.5 Å². The third-order valence-corrected chi connectivity index (χ3v) is 5.64. The number of hydrogen-bond acceptors (Lipinski definition) is 6. The Morgan fingerprint density at radius 2 is 1.96 bits per heavy atom. The summed E-state index contributed by atoms with van der Waals surface area (Å²) in [6.45, 7) is 3.33. The molecule has 0 saturated heterocycles. The Bertz CT molecular complexity index is 563. The third kappa shape index (κ3) is 4.80. The van der Waals surface area contributed by atoms with Crippen LogP contribution in [-0.2, 0) is 0 Å². The van der Waals surface area contributed by atoms with Gasteiger partial charge in [0, 0.05) is 5.56 Å². The van der Waals surface area contributed by atoms with Crippen molar-refractivity contribution >= 4 is 17.5 Å². The van der Waals surface area contributed by atoms with Crippen LogP contribution < -0.4 is 14.9 Å². The molecule has 0 radical (unpaired) electrons. The van der Waals surface area contributed by atoms with E-state index in [1.165, 1.54) is 6.42 Å². The van der Waals surface area contributed by atoms with Gasteiger partial charge in [-0.2, -0.15) is 5.10 Å². The van der Waals surface area contributed by atoms with E-state index in [2.05, 4.69) is 37.4 Å². The molecule has 5 nitrogen and oxygen atoms in total. The molecule has 1 N–H and O–H groups in total. The van der Waals surface area contributed by atoms with E-state index < -0.39 is 0 Å². The van der Waals surface area contributed by atoms with E-state index in [-0.39, 0.29) is 0 Å². The summed E-state index contributed by atoms with van der Waals surface area (Å²) in [7, 11) is 7.54. The van der Waals surface area contributed by atoms with Gasteiger partial charge < -0.3 is 14.4 Å². The first kappa shape index (κ1) is 18.9. The van der Waals surface area contributed by atoms with Gasteiger partial charge in [0.1, 0.15) is 0 Å². The number of nitrogens with one attached hydrogen (secondary N) is 1. The molecular weight excluding hydrogens is 322 g/mol. The van der Waals surface area contributed by atoms with Gasteiger partial charge in [-0.15, -0.1) is 11.8 Å². The van der Waals surface area contributed by atoms with Crippen LogP contribution in [0, 0.1) is 0 Å². The predicted octanol–water partition coefficient (Wildman–Crippen LogP) is 3.19. The molecule has 0 spiro atoms. The molecule has 2 rings (SSSR count). The molecular formula is C18H29N3O2S. The lowest BCUT2D eigenvalue weighted by Gasteiger charge is -2.29. The number of hydrogen-bond donors (Lipinski definition) is 1. The van der Waals surface area contributed by atoms with Crippen LogP contribution in [-0.4, -0.2) is 56.1 Å². The van der Waals surface area contributed by atoms with Gasteiger partial charge in [0.2, 0.25) is 0 Å². The third-order valence-electron chi connectivity index (χ3n) is 4.08. The highest BCUT2D eigenvalue weighted by Gasteiger charge is 2.26. The first-order chi connectivity index (χ1) is 11.6. The fourth-order valence-corrected chi connectivity index (χ4v) is 4.09. The van der Waals surface area contributed by atoms with Crippen molar-refractivity contribution in [2.75, 3.05) is 34.9 Å². The van der Waals surface area contributed by atoms with Gasteiger partial charge in [0.05, 0.1) is 30.6 Å². The zero-order chi connectivity index (χ0) is 17.5. The monoisotopic (exact) mass is 351 g/mol. The molecule has 2 atom stereocenters. The second-order valence-electron chi connectivity index (χ2n) is 6.16. The number of ether oxygens (including phenoxy) is 2. The van der Waals surface area contributed by atoms with Crippen LogP contribution in [0.4, 0.5) is 0 Å². The van der Waals surface area contributed by atoms with E-state index in [4.69, 9.17) is 14.6 Å². The van der Waals surface area contributed by atoms with Gasteiger partial charge >= 0.3 is 0 Å². The maximum absolute atomic E-state index is 5.42. The molecule has 0 bridgehead atoms.